The Labute approximate surface area is 227 Å². The molecular formula is C27H35ClN6O4. The average molecular weight is 543 g/mol. The number of aryl methyl sites for hydroxylation is 2. The van der Waals surface area contributed by atoms with Crippen LogP contribution in [0.25, 0.3) is 11.5 Å². The fourth-order valence-electron chi connectivity index (χ4n) is 4.44. The zero-order valence-corrected chi connectivity index (χ0v) is 23.5. The number of rotatable bonds is 9. The molecule has 2 atom stereocenters. The van der Waals surface area contributed by atoms with Gasteiger partial charge in [-0.25, -0.2) is 9.97 Å². The highest BCUT2D eigenvalue weighted by Gasteiger charge is 2.30. The van der Waals surface area contributed by atoms with Crippen LogP contribution in [0.5, 0.6) is 5.75 Å². The predicted octanol–water partition coefficient (Wildman–Crippen LogP) is 5.82. The quantitative estimate of drug-likeness (QED) is 0.331. The van der Waals surface area contributed by atoms with Crippen molar-refractivity contribution in [1.29, 1.82) is 0 Å². The molecule has 1 aliphatic carbocycles. The SMILES string of the molecule is Cc1nc(-c2onc(C)c2CNc2nc(Cl)nc(C(C)C)n2)ccc1O[C@H]1CCC[C@H](C(=O)OC(C)C)C1. The van der Waals surface area contributed by atoms with Gasteiger partial charge in [0.15, 0.2) is 5.76 Å². The van der Waals surface area contributed by atoms with Crippen LogP contribution in [0.2, 0.25) is 5.28 Å². The Bertz CT molecular complexity index is 1280. The largest absolute Gasteiger partial charge is 0.489 e. The molecule has 0 spiro atoms. The molecule has 1 saturated carbocycles. The van der Waals surface area contributed by atoms with Gasteiger partial charge in [0.2, 0.25) is 11.2 Å². The third-order valence-corrected chi connectivity index (χ3v) is 6.59. The number of nitrogens with one attached hydrogen (secondary N) is 1. The van der Waals surface area contributed by atoms with Crippen molar-refractivity contribution < 1.29 is 18.8 Å². The van der Waals surface area contributed by atoms with E-state index >= 15 is 0 Å². The van der Waals surface area contributed by atoms with Gasteiger partial charge in [0, 0.05) is 18.0 Å². The summed E-state index contributed by atoms with van der Waals surface area (Å²) in [7, 11) is 0. The summed E-state index contributed by atoms with van der Waals surface area (Å²) in [4.78, 5) is 29.9. The van der Waals surface area contributed by atoms with Crippen molar-refractivity contribution in [2.75, 3.05) is 5.32 Å². The highest BCUT2D eigenvalue weighted by molar-refractivity contribution is 6.28. The standard InChI is InChI=1S/C27H35ClN6O4/c1-14(2)24-31-26(28)33-27(32-24)29-13-20-16(5)34-38-23(20)21-10-11-22(17(6)30-21)37-19-9-7-8-18(12-19)25(35)36-15(3)4/h10-11,14-15,18-19H,7-9,12-13H2,1-6H3,(H,29,31,32,33)/t18-,19-/m0/s1. The van der Waals surface area contributed by atoms with Crippen molar-refractivity contribution in [3.8, 4) is 17.2 Å². The summed E-state index contributed by atoms with van der Waals surface area (Å²) in [6.07, 6.45) is 3.11. The molecule has 4 rings (SSSR count). The maximum Gasteiger partial charge on any atom is 0.309 e. The first-order valence-corrected chi connectivity index (χ1v) is 13.4. The number of pyridine rings is 1. The van der Waals surface area contributed by atoms with E-state index in [4.69, 9.17) is 30.6 Å². The molecule has 0 amide bonds. The summed E-state index contributed by atoms with van der Waals surface area (Å²) < 4.78 is 17.3. The second-order valence-corrected chi connectivity index (χ2v) is 10.6. The van der Waals surface area contributed by atoms with Gasteiger partial charge in [-0.15, -0.1) is 0 Å². The van der Waals surface area contributed by atoms with Crippen LogP contribution in [0.1, 0.15) is 82.1 Å². The summed E-state index contributed by atoms with van der Waals surface area (Å²) in [6, 6.07) is 3.75. The molecule has 3 heterocycles. The summed E-state index contributed by atoms with van der Waals surface area (Å²) >= 11 is 6.08. The molecular weight excluding hydrogens is 508 g/mol. The van der Waals surface area contributed by atoms with E-state index in [-0.39, 0.29) is 35.3 Å². The van der Waals surface area contributed by atoms with E-state index in [1.165, 1.54) is 0 Å². The van der Waals surface area contributed by atoms with Crippen molar-refractivity contribution in [2.24, 2.45) is 5.92 Å². The topological polar surface area (TPSA) is 125 Å². The Hall–Kier alpha value is -3.27. The van der Waals surface area contributed by atoms with Gasteiger partial charge >= 0.3 is 5.97 Å². The molecule has 10 nitrogen and oxygen atoms in total. The number of carbonyl (C=O) groups excluding carboxylic acids is 1. The summed E-state index contributed by atoms with van der Waals surface area (Å²) in [5.74, 6) is 2.09. The van der Waals surface area contributed by atoms with Crippen LogP contribution in [0, 0.1) is 19.8 Å². The minimum absolute atomic E-state index is 0.0602. The Balaban J connectivity index is 1.46. The van der Waals surface area contributed by atoms with E-state index < -0.39 is 0 Å². The normalized spacial score (nSPS) is 17.6. The van der Waals surface area contributed by atoms with E-state index in [2.05, 4.69) is 25.4 Å². The van der Waals surface area contributed by atoms with Crippen molar-refractivity contribution >= 4 is 23.5 Å². The van der Waals surface area contributed by atoms with Gasteiger partial charge in [-0.2, -0.15) is 9.97 Å². The second kappa shape index (κ2) is 12.1. The Morgan fingerprint density at radius 3 is 2.61 bits per heavy atom. The average Bonchev–Trinajstić information content (AvgIpc) is 3.23. The van der Waals surface area contributed by atoms with Gasteiger partial charge in [-0.05, 0) is 77.1 Å². The van der Waals surface area contributed by atoms with Crippen molar-refractivity contribution in [1.82, 2.24) is 25.1 Å². The molecule has 0 aliphatic heterocycles. The first kappa shape index (κ1) is 27.8. The molecule has 0 bridgehead atoms. The van der Waals surface area contributed by atoms with Gasteiger partial charge in [0.25, 0.3) is 0 Å². The van der Waals surface area contributed by atoms with Gasteiger partial charge in [-0.1, -0.05) is 19.0 Å². The third-order valence-electron chi connectivity index (χ3n) is 6.42. The number of aromatic nitrogens is 5. The lowest BCUT2D eigenvalue weighted by Crippen LogP contribution is -2.31. The van der Waals surface area contributed by atoms with Crippen LogP contribution in [-0.2, 0) is 16.1 Å². The van der Waals surface area contributed by atoms with Crippen LogP contribution in [0.4, 0.5) is 5.95 Å². The molecule has 1 N–H and O–H groups in total. The molecule has 0 aromatic carbocycles. The molecule has 204 valence electrons. The smallest absolute Gasteiger partial charge is 0.309 e. The zero-order chi connectivity index (χ0) is 27.4. The number of nitrogens with zero attached hydrogens (tertiary/aromatic N) is 5. The third kappa shape index (κ3) is 6.78. The van der Waals surface area contributed by atoms with Crippen molar-refractivity contribution in [2.45, 2.75) is 91.9 Å². The number of anilines is 1. The maximum atomic E-state index is 12.4. The van der Waals surface area contributed by atoms with Gasteiger partial charge in [-0.3, -0.25) is 4.79 Å². The van der Waals surface area contributed by atoms with Gasteiger partial charge in [0.1, 0.15) is 17.3 Å². The molecule has 11 heteroatoms. The van der Waals surface area contributed by atoms with Gasteiger partial charge < -0.3 is 19.3 Å². The van der Waals surface area contributed by atoms with E-state index in [0.717, 1.165) is 36.2 Å². The summed E-state index contributed by atoms with van der Waals surface area (Å²) in [5.41, 5.74) is 2.95. The van der Waals surface area contributed by atoms with E-state index in [9.17, 15) is 4.79 Å². The fourth-order valence-corrected chi connectivity index (χ4v) is 4.61. The minimum Gasteiger partial charge on any atom is -0.489 e. The predicted molar refractivity (Wildman–Crippen MR) is 143 cm³/mol. The second-order valence-electron chi connectivity index (χ2n) is 10.2. The van der Waals surface area contributed by atoms with Crippen molar-refractivity contribution in [3.05, 3.63) is 40.2 Å². The molecule has 0 unspecified atom stereocenters. The monoisotopic (exact) mass is 542 g/mol. The van der Waals surface area contributed by atoms with E-state index in [1.54, 1.807) is 0 Å². The van der Waals surface area contributed by atoms with E-state index in [0.29, 0.717) is 41.9 Å². The molecule has 3 aromatic rings. The first-order chi connectivity index (χ1) is 18.1. The first-order valence-electron chi connectivity index (χ1n) is 13.1. The van der Waals surface area contributed by atoms with Crippen molar-refractivity contribution in [3.63, 3.8) is 0 Å². The Kier molecular flexibility index (Phi) is 8.81. The van der Waals surface area contributed by atoms with Crippen LogP contribution < -0.4 is 10.1 Å². The highest BCUT2D eigenvalue weighted by atomic mass is 35.5. The zero-order valence-electron chi connectivity index (χ0n) is 22.7. The number of halogens is 1. The molecule has 1 aliphatic rings. The fraction of sp³-hybridized carbons (Fsp3) is 0.556. The number of esters is 1. The number of carbonyl (C=O) groups is 1. The Morgan fingerprint density at radius 2 is 1.89 bits per heavy atom. The molecule has 0 radical (unpaired) electrons. The molecule has 1 fully saturated rings. The number of hydrogen-bond donors (Lipinski definition) is 1. The lowest BCUT2D eigenvalue weighted by atomic mass is 9.87. The maximum absolute atomic E-state index is 12.4. The van der Waals surface area contributed by atoms with Crippen LogP contribution >= 0.6 is 11.6 Å². The van der Waals surface area contributed by atoms with Gasteiger partial charge in [0.05, 0.1) is 29.5 Å². The summed E-state index contributed by atoms with van der Waals surface area (Å²) in [5, 5.41) is 7.49. The lowest BCUT2D eigenvalue weighted by Gasteiger charge is -2.29. The minimum atomic E-state index is -0.139. The molecule has 38 heavy (non-hydrogen) atoms. The summed E-state index contributed by atoms with van der Waals surface area (Å²) in [6.45, 7) is 11.9. The van der Waals surface area contributed by atoms with Crippen LogP contribution in [0.3, 0.4) is 0 Å². The number of hydrogen-bond acceptors (Lipinski definition) is 10. The molecule has 0 saturated heterocycles. The molecule has 3 aromatic heterocycles. The van der Waals surface area contributed by atoms with Crippen LogP contribution in [0.15, 0.2) is 16.7 Å². The highest BCUT2D eigenvalue weighted by Crippen LogP contribution is 2.32. The number of ether oxygens (including phenoxy) is 2. The Morgan fingerprint density at radius 1 is 1.11 bits per heavy atom. The van der Waals surface area contributed by atoms with E-state index in [1.807, 2.05) is 53.7 Å². The lowest BCUT2D eigenvalue weighted by molar-refractivity contribution is -0.154. The van der Waals surface area contributed by atoms with Crippen LogP contribution in [-0.4, -0.2) is 43.3 Å².